The van der Waals surface area contributed by atoms with E-state index >= 15 is 0 Å². The number of aryl methyl sites for hydroxylation is 1. The minimum Gasteiger partial charge on any atom is -0.378 e. The predicted molar refractivity (Wildman–Crippen MR) is 122 cm³/mol. The number of carbonyl (C=O) groups excluding carboxylic acids is 2. The lowest BCUT2D eigenvalue weighted by Crippen LogP contribution is -2.30. The molecule has 0 atom stereocenters. The van der Waals surface area contributed by atoms with E-state index in [4.69, 9.17) is 0 Å². The minimum atomic E-state index is -0.389. The van der Waals surface area contributed by atoms with E-state index in [0.717, 1.165) is 16.8 Å². The molecule has 2 N–H and O–H groups in total. The molecule has 3 aromatic rings. The monoisotopic (exact) mass is 399 g/mol. The van der Waals surface area contributed by atoms with Gasteiger partial charge in [0.25, 0.3) is 11.8 Å². The maximum atomic E-state index is 12.9. The lowest BCUT2D eigenvalue weighted by atomic mass is 10.1. The number of anilines is 2. The third kappa shape index (κ3) is 5.58. The molecule has 5 heteroatoms. The molecule has 0 bridgehead atoms. The van der Waals surface area contributed by atoms with E-state index in [1.165, 1.54) is 0 Å². The van der Waals surface area contributed by atoms with Crippen LogP contribution in [0.15, 0.2) is 84.6 Å². The number of benzene rings is 3. The van der Waals surface area contributed by atoms with Gasteiger partial charge in [-0.15, -0.1) is 0 Å². The SMILES string of the molecule is Cc1ccc(NC(=O)C(=Cc2ccc(N(C)C)cc2)NC(=O)c2ccccc2)cc1. The fourth-order valence-corrected chi connectivity index (χ4v) is 2.81. The van der Waals surface area contributed by atoms with Crippen LogP contribution in [0.25, 0.3) is 6.08 Å². The van der Waals surface area contributed by atoms with Crippen molar-refractivity contribution < 1.29 is 9.59 Å². The molecular weight excluding hydrogens is 374 g/mol. The smallest absolute Gasteiger partial charge is 0.272 e. The second kappa shape index (κ2) is 9.56. The Morgan fingerprint density at radius 2 is 1.47 bits per heavy atom. The Balaban J connectivity index is 1.87. The molecule has 0 aliphatic carbocycles. The van der Waals surface area contributed by atoms with Crippen LogP contribution >= 0.6 is 0 Å². The third-order valence-corrected chi connectivity index (χ3v) is 4.56. The summed E-state index contributed by atoms with van der Waals surface area (Å²) in [4.78, 5) is 27.6. The number of nitrogens with one attached hydrogen (secondary N) is 2. The van der Waals surface area contributed by atoms with Crippen molar-refractivity contribution in [2.24, 2.45) is 0 Å². The van der Waals surface area contributed by atoms with Crippen molar-refractivity contribution in [1.82, 2.24) is 5.32 Å². The van der Waals surface area contributed by atoms with Crippen LogP contribution in [0, 0.1) is 6.92 Å². The quantitative estimate of drug-likeness (QED) is 0.601. The van der Waals surface area contributed by atoms with Crippen LogP contribution in [0.4, 0.5) is 11.4 Å². The first kappa shape index (κ1) is 20.9. The minimum absolute atomic E-state index is 0.169. The van der Waals surface area contributed by atoms with Gasteiger partial charge in [-0.1, -0.05) is 48.0 Å². The summed E-state index contributed by atoms with van der Waals surface area (Å²) in [6.45, 7) is 1.98. The Hall–Kier alpha value is -3.86. The molecule has 0 heterocycles. The van der Waals surface area contributed by atoms with Gasteiger partial charge in [-0.2, -0.15) is 0 Å². The average molecular weight is 399 g/mol. The first-order chi connectivity index (χ1) is 14.4. The summed E-state index contributed by atoms with van der Waals surface area (Å²) in [7, 11) is 3.93. The van der Waals surface area contributed by atoms with Gasteiger partial charge >= 0.3 is 0 Å². The second-order valence-corrected chi connectivity index (χ2v) is 7.18. The molecule has 0 unspecified atom stereocenters. The Morgan fingerprint density at radius 3 is 2.07 bits per heavy atom. The first-order valence-corrected chi connectivity index (χ1v) is 9.66. The largest absolute Gasteiger partial charge is 0.378 e. The van der Waals surface area contributed by atoms with Crippen LogP contribution in [0.1, 0.15) is 21.5 Å². The van der Waals surface area contributed by atoms with Crippen molar-refractivity contribution in [3.05, 3.63) is 101 Å². The molecule has 0 spiro atoms. The molecule has 0 saturated heterocycles. The van der Waals surface area contributed by atoms with Crippen LogP contribution in [0.5, 0.6) is 0 Å². The normalized spacial score (nSPS) is 11.0. The van der Waals surface area contributed by atoms with Crippen molar-refractivity contribution in [2.45, 2.75) is 6.92 Å². The number of nitrogens with zero attached hydrogens (tertiary/aromatic N) is 1. The van der Waals surface area contributed by atoms with Crippen LogP contribution in [0.3, 0.4) is 0 Å². The highest BCUT2D eigenvalue weighted by molar-refractivity contribution is 6.10. The highest BCUT2D eigenvalue weighted by atomic mass is 16.2. The molecule has 3 rings (SSSR count). The van der Waals surface area contributed by atoms with Gasteiger partial charge < -0.3 is 15.5 Å². The van der Waals surface area contributed by atoms with E-state index in [1.54, 1.807) is 30.3 Å². The van der Waals surface area contributed by atoms with Gasteiger partial charge in [-0.3, -0.25) is 9.59 Å². The molecule has 0 aliphatic heterocycles. The molecule has 0 aromatic heterocycles. The van der Waals surface area contributed by atoms with E-state index in [2.05, 4.69) is 10.6 Å². The van der Waals surface area contributed by atoms with Gasteiger partial charge in [0.1, 0.15) is 5.70 Å². The van der Waals surface area contributed by atoms with Gasteiger partial charge in [0, 0.05) is 31.0 Å². The van der Waals surface area contributed by atoms with E-state index in [-0.39, 0.29) is 17.5 Å². The van der Waals surface area contributed by atoms with Crippen LogP contribution < -0.4 is 15.5 Å². The molecule has 0 radical (unpaired) electrons. The van der Waals surface area contributed by atoms with E-state index in [1.807, 2.05) is 80.5 Å². The van der Waals surface area contributed by atoms with Crippen molar-refractivity contribution in [2.75, 3.05) is 24.3 Å². The summed E-state index contributed by atoms with van der Waals surface area (Å²) in [6.07, 6.45) is 1.67. The Labute approximate surface area is 177 Å². The topological polar surface area (TPSA) is 61.4 Å². The van der Waals surface area contributed by atoms with Crippen molar-refractivity contribution in [3.63, 3.8) is 0 Å². The van der Waals surface area contributed by atoms with Crippen LogP contribution in [0.2, 0.25) is 0 Å². The number of rotatable bonds is 6. The highest BCUT2D eigenvalue weighted by Gasteiger charge is 2.15. The summed E-state index contributed by atoms with van der Waals surface area (Å²) in [5.41, 5.74) is 4.27. The Kier molecular flexibility index (Phi) is 6.65. The third-order valence-electron chi connectivity index (χ3n) is 4.56. The van der Waals surface area contributed by atoms with Gasteiger partial charge in [-0.25, -0.2) is 0 Å². The number of hydrogen-bond acceptors (Lipinski definition) is 3. The summed E-state index contributed by atoms with van der Waals surface area (Å²) >= 11 is 0. The lowest BCUT2D eigenvalue weighted by Gasteiger charge is -2.13. The molecular formula is C25H25N3O2. The molecule has 0 fully saturated rings. The van der Waals surface area contributed by atoms with Gasteiger partial charge in [-0.05, 0) is 55.0 Å². The summed E-state index contributed by atoms with van der Waals surface area (Å²) in [6, 6.07) is 24.0. The fraction of sp³-hybridized carbons (Fsp3) is 0.120. The summed E-state index contributed by atoms with van der Waals surface area (Å²) in [5.74, 6) is -0.731. The predicted octanol–water partition coefficient (Wildman–Crippen LogP) is 4.47. The molecule has 5 nitrogen and oxygen atoms in total. The molecule has 30 heavy (non-hydrogen) atoms. The van der Waals surface area contributed by atoms with Crippen LogP contribution in [-0.2, 0) is 4.79 Å². The Bertz CT molecular complexity index is 1040. The fourth-order valence-electron chi connectivity index (χ4n) is 2.81. The van der Waals surface area contributed by atoms with E-state index in [9.17, 15) is 9.59 Å². The van der Waals surface area contributed by atoms with E-state index in [0.29, 0.717) is 11.3 Å². The molecule has 3 aromatic carbocycles. The highest BCUT2D eigenvalue weighted by Crippen LogP contribution is 2.16. The maximum absolute atomic E-state index is 12.9. The second-order valence-electron chi connectivity index (χ2n) is 7.18. The number of hydrogen-bond donors (Lipinski definition) is 2. The molecule has 2 amide bonds. The molecule has 152 valence electrons. The number of amides is 2. The molecule has 0 aliphatic rings. The first-order valence-electron chi connectivity index (χ1n) is 9.66. The van der Waals surface area contributed by atoms with Crippen molar-refractivity contribution >= 4 is 29.3 Å². The average Bonchev–Trinajstić information content (AvgIpc) is 2.75. The maximum Gasteiger partial charge on any atom is 0.272 e. The van der Waals surface area contributed by atoms with E-state index < -0.39 is 0 Å². The summed E-state index contributed by atoms with van der Waals surface area (Å²) in [5, 5.41) is 5.60. The zero-order valence-corrected chi connectivity index (χ0v) is 17.3. The Morgan fingerprint density at radius 1 is 0.833 bits per heavy atom. The van der Waals surface area contributed by atoms with Gasteiger partial charge in [0.15, 0.2) is 0 Å². The van der Waals surface area contributed by atoms with Crippen molar-refractivity contribution in [3.8, 4) is 0 Å². The zero-order valence-electron chi connectivity index (χ0n) is 17.3. The van der Waals surface area contributed by atoms with Crippen LogP contribution in [-0.4, -0.2) is 25.9 Å². The van der Waals surface area contributed by atoms with Crippen molar-refractivity contribution in [1.29, 1.82) is 0 Å². The van der Waals surface area contributed by atoms with Gasteiger partial charge in [0.05, 0.1) is 0 Å². The van der Waals surface area contributed by atoms with Gasteiger partial charge in [0.2, 0.25) is 0 Å². The lowest BCUT2D eigenvalue weighted by molar-refractivity contribution is -0.113. The molecule has 0 saturated carbocycles. The zero-order chi connectivity index (χ0) is 21.5. The standard InChI is InChI=1S/C25H25N3O2/c1-18-9-13-21(14-10-18)26-25(30)23(27-24(29)20-7-5-4-6-8-20)17-19-11-15-22(16-12-19)28(2)3/h4-17H,1-3H3,(H,26,30)(H,27,29). The summed E-state index contributed by atoms with van der Waals surface area (Å²) < 4.78 is 0. The number of carbonyl (C=O) groups is 2.